The van der Waals surface area contributed by atoms with Gasteiger partial charge in [-0.05, 0) is 31.4 Å². The molecule has 0 amide bonds. The molecule has 1 heterocycles. The lowest BCUT2D eigenvalue weighted by atomic mass is 10.3. The Morgan fingerprint density at radius 1 is 1.47 bits per heavy atom. The van der Waals surface area contributed by atoms with Gasteiger partial charge in [-0.1, -0.05) is 6.92 Å². The van der Waals surface area contributed by atoms with Gasteiger partial charge < -0.3 is 9.73 Å². The maximum atomic E-state index is 11.1. The van der Waals surface area contributed by atoms with Crippen molar-refractivity contribution in [3.63, 3.8) is 0 Å². The summed E-state index contributed by atoms with van der Waals surface area (Å²) in [5.74, 6) is 2.92. The number of thioether (sulfide) groups is 1. The first-order valence-corrected chi connectivity index (χ1v) is 8.74. The van der Waals surface area contributed by atoms with Crippen LogP contribution in [0, 0.1) is 0 Å². The van der Waals surface area contributed by atoms with Crippen molar-refractivity contribution in [1.82, 2.24) is 5.32 Å². The summed E-state index contributed by atoms with van der Waals surface area (Å²) in [5.41, 5.74) is 0. The van der Waals surface area contributed by atoms with Crippen LogP contribution in [-0.4, -0.2) is 28.5 Å². The summed E-state index contributed by atoms with van der Waals surface area (Å²) in [6.45, 7) is 3.64. The van der Waals surface area contributed by atoms with Crippen LogP contribution < -0.4 is 5.32 Å². The second-order valence-corrected chi connectivity index (χ2v) is 6.74. The molecule has 0 aliphatic rings. The zero-order valence-electron chi connectivity index (χ0n) is 10.7. The molecule has 1 aromatic heterocycles. The molecule has 98 valence electrons. The SMILES string of the molecule is CSCc1ccc(CNCCC(C)S(C)=O)o1. The highest BCUT2D eigenvalue weighted by Crippen LogP contribution is 2.13. The van der Waals surface area contributed by atoms with Gasteiger partial charge in [0.25, 0.3) is 0 Å². The number of hydrogen-bond donors (Lipinski definition) is 1. The lowest BCUT2D eigenvalue weighted by Crippen LogP contribution is -2.20. The Bertz CT molecular complexity index is 352. The summed E-state index contributed by atoms with van der Waals surface area (Å²) in [5, 5.41) is 3.56. The third kappa shape index (κ3) is 5.75. The zero-order valence-corrected chi connectivity index (χ0v) is 12.3. The molecule has 0 spiro atoms. The third-order valence-corrected chi connectivity index (χ3v) is 4.54. The fourth-order valence-corrected chi connectivity index (χ4v) is 2.31. The number of furan rings is 1. The Morgan fingerprint density at radius 3 is 2.82 bits per heavy atom. The van der Waals surface area contributed by atoms with E-state index in [0.29, 0.717) is 0 Å². The van der Waals surface area contributed by atoms with Crippen LogP contribution >= 0.6 is 11.8 Å². The van der Waals surface area contributed by atoms with E-state index in [1.54, 1.807) is 18.0 Å². The fraction of sp³-hybridized carbons (Fsp3) is 0.667. The van der Waals surface area contributed by atoms with Gasteiger partial charge in [0.2, 0.25) is 0 Å². The lowest BCUT2D eigenvalue weighted by molar-refractivity contribution is 0.458. The highest BCUT2D eigenvalue weighted by atomic mass is 32.2. The summed E-state index contributed by atoms with van der Waals surface area (Å²) in [6, 6.07) is 4.04. The van der Waals surface area contributed by atoms with Gasteiger partial charge in [-0.3, -0.25) is 4.21 Å². The van der Waals surface area contributed by atoms with Crippen molar-refractivity contribution in [2.75, 3.05) is 19.1 Å². The standard InChI is InChI=1S/C12H21NO2S2/c1-10(17(3)14)6-7-13-8-11-4-5-12(15-11)9-16-2/h4-5,10,13H,6-9H2,1-3H3. The molecule has 2 unspecified atom stereocenters. The quantitative estimate of drug-likeness (QED) is 0.740. The van der Waals surface area contributed by atoms with Crippen molar-refractivity contribution >= 4 is 22.6 Å². The van der Waals surface area contributed by atoms with Gasteiger partial charge in [0, 0.05) is 22.3 Å². The van der Waals surface area contributed by atoms with E-state index in [4.69, 9.17) is 4.42 Å². The van der Waals surface area contributed by atoms with Crippen molar-refractivity contribution < 1.29 is 8.63 Å². The summed E-state index contributed by atoms with van der Waals surface area (Å²) in [4.78, 5) is 0. The Kier molecular flexibility index (Phi) is 6.92. The third-order valence-electron chi connectivity index (χ3n) is 2.60. The van der Waals surface area contributed by atoms with Crippen LogP contribution in [0.4, 0.5) is 0 Å². The maximum absolute atomic E-state index is 11.1. The van der Waals surface area contributed by atoms with Crippen LogP contribution in [0.15, 0.2) is 16.5 Å². The number of hydrogen-bond acceptors (Lipinski definition) is 4. The van der Waals surface area contributed by atoms with Gasteiger partial charge in [0.05, 0.1) is 12.3 Å². The van der Waals surface area contributed by atoms with Gasteiger partial charge >= 0.3 is 0 Å². The molecule has 0 saturated carbocycles. The Hall–Kier alpha value is -0.260. The molecule has 3 nitrogen and oxygen atoms in total. The summed E-state index contributed by atoms with van der Waals surface area (Å²) < 4.78 is 16.8. The lowest BCUT2D eigenvalue weighted by Gasteiger charge is -2.08. The minimum atomic E-state index is -0.723. The van der Waals surface area contributed by atoms with E-state index in [2.05, 4.69) is 11.6 Å². The minimum Gasteiger partial charge on any atom is -0.464 e. The molecule has 1 rings (SSSR count). The van der Waals surface area contributed by atoms with Crippen LogP contribution in [0.2, 0.25) is 0 Å². The van der Waals surface area contributed by atoms with E-state index in [9.17, 15) is 4.21 Å². The molecule has 2 atom stereocenters. The molecule has 17 heavy (non-hydrogen) atoms. The molecular formula is C12H21NO2S2. The minimum absolute atomic E-state index is 0.256. The first-order chi connectivity index (χ1) is 8.13. The van der Waals surface area contributed by atoms with Crippen molar-refractivity contribution in [2.24, 2.45) is 0 Å². The summed E-state index contributed by atoms with van der Waals surface area (Å²) >= 11 is 1.76. The molecule has 5 heteroatoms. The van der Waals surface area contributed by atoms with Crippen molar-refractivity contribution in [1.29, 1.82) is 0 Å². The van der Waals surface area contributed by atoms with Crippen molar-refractivity contribution in [2.45, 2.75) is 30.9 Å². The first kappa shape index (κ1) is 14.8. The van der Waals surface area contributed by atoms with Crippen LogP contribution in [0.3, 0.4) is 0 Å². The Morgan fingerprint density at radius 2 is 2.18 bits per heavy atom. The molecule has 0 aliphatic heterocycles. The maximum Gasteiger partial charge on any atom is 0.117 e. The zero-order chi connectivity index (χ0) is 12.7. The predicted octanol–water partition coefficient (Wildman–Crippen LogP) is 2.39. The van der Waals surface area contributed by atoms with Crippen molar-refractivity contribution in [3.05, 3.63) is 23.7 Å². The monoisotopic (exact) mass is 275 g/mol. The summed E-state index contributed by atoms with van der Waals surface area (Å²) in [7, 11) is -0.723. The van der Waals surface area contributed by atoms with E-state index in [1.165, 1.54) is 0 Å². The van der Waals surface area contributed by atoms with Crippen LogP contribution in [0.5, 0.6) is 0 Å². The normalized spacial score (nSPS) is 14.8. The van der Waals surface area contributed by atoms with Gasteiger partial charge in [-0.25, -0.2) is 0 Å². The highest BCUT2D eigenvalue weighted by Gasteiger charge is 2.05. The molecule has 0 bridgehead atoms. The first-order valence-electron chi connectivity index (χ1n) is 5.73. The molecule has 0 radical (unpaired) electrons. The average molecular weight is 275 g/mol. The van der Waals surface area contributed by atoms with Crippen LogP contribution in [0.1, 0.15) is 24.9 Å². The van der Waals surface area contributed by atoms with E-state index >= 15 is 0 Å². The predicted molar refractivity (Wildman–Crippen MR) is 75.8 cm³/mol. The number of nitrogens with one attached hydrogen (secondary N) is 1. The molecule has 1 aromatic rings. The van der Waals surface area contributed by atoms with Crippen LogP contribution in [-0.2, 0) is 23.1 Å². The van der Waals surface area contributed by atoms with E-state index < -0.39 is 10.8 Å². The van der Waals surface area contributed by atoms with Gasteiger partial charge in [0.1, 0.15) is 11.5 Å². The Labute approximate surface area is 110 Å². The van der Waals surface area contributed by atoms with Crippen LogP contribution in [0.25, 0.3) is 0 Å². The molecule has 0 saturated heterocycles. The van der Waals surface area contributed by atoms with Gasteiger partial charge in [0.15, 0.2) is 0 Å². The fourth-order valence-electron chi connectivity index (χ4n) is 1.42. The van der Waals surface area contributed by atoms with Gasteiger partial charge in [-0.15, -0.1) is 0 Å². The number of rotatable bonds is 8. The Balaban J connectivity index is 2.19. The van der Waals surface area contributed by atoms with E-state index in [0.717, 1.165) is 36.8 Å². The molecule has 1 N–H and O–H groups in total. The van der Waals surface area contributed by atoms with Gasteiger partial charge in [-0.2, -0.15) is 11.8 Å². The largest absolute Gasteiger partial charge is 0.464 e. The van der Waals surface area contributed by atoms with Crippen molar-refractivity contribution in [3.8, 4) is 0 Å². The topological polar surface area (TPSA) is 42.2 Å². The second-order valence-electron chi connectivity index (χ2n) is 4.08. The molecule has 0 aromatic carbocycles. The van der Waals surface area contributed by atoms with E-state index in [1.807, 2.05) is 19.1 Å². The highest BCUT2D eigenvalue weighted by molar-refractivity contribution is 7.97. The molecule has 0 aliphatic carbocycles. The van der Waals surface area contributed by atoms with E-state index in [-0.39, 0.29) is 5.25 Å². The summed E-state index contributed by atoms with van der Waals surface area (Å²) in [6.07, 6.45) is 4.75. The average Bonchev–Trinajstić information content (AvgIpc) is 2.72. The molecule has 0 fully saturated rings. The smallest absolute Gasteiger partial charge is 0.117 e. The second kappa shape index (κ2) is 7.95. The molecular weight excluding hydrogens is 254 g/mol.